The van der Waals surface area contributed by atoms with E-state index >= 15 is 0 Å². The first-order valence-electron chi connectivity index (χ1n) is 50.2. The fourth-order valence-corrected chi connectivity index (χ4v) is 24.4. The minimum atomic E-state index is 0. The summed E-state index contributed by atoms with van der Waals surface area (Å²) in [5, 5.41) is 27.6. The molecule has 13 aromatic rings. The summed E-state index contributed by atoms with van der Waals surface area (Å²) in [6, 6.07) is 66.5. The zero-order valence-corrected chi connectivity index (χ0v) is 81.7. The topological polar surface area (TPSA) is 0 Å². The van der Waals surface area contributed by atoms with E-state index in [0.29, 0.717) is 23.7 Å². The molecule has 0 aromatic heterocycles. The second-order valence-corrected chi connectivity index (χ2v) is 34.8. The van der Waals surface area contributed by atoms with E-state index in [4.69, 9.17) is 0 Å². The molecule has 15 aliphatic rings. The van der Waals surface area contributed by atoms with Crippen LogP contribution in [-0.4, -0.2) is 0 Å². The van der Waals surface area contributed by atoms with Gasteiger partial charge < -0.3 is 0 Å². The molecule has 0 amide bonds. The van der Waals surface area contributed by atoms with Crippen LogP contribution in [0.4, 0.5) is 0 Å². The van der Waals surface area contributed by atoms with Crippen LogP contribution >= 0.6 is 0 Å². The summed E-state index contributed by atoms with van der Waals surface area (Å²) < 4.78 is 0. The van der Waals surface area contributed by atoms with E-state index in [1.165, 1.54) is 193 Å². The Balaban J connectivity index is 0.000000414. The van der Waals surface area contributed by atoms with E-state index < -0.39 is 0 Å². The number of benzene rings is 13. The minimum absolute atomic E-state index is 0. The highest BCUT2D eigenvalue weighted by atomic mass is 14.6. The third-order valence-electron chi connectivity index (χ3n) is 29.0. The summed E-state index contributed by atoms with van der Waals surface area (Å²) in [5.74, 6) is 6.33. The molecule has 13 aromatic carbocycles. The van der Waals surface area contributed by atoms with Crippen LogP contribution < -0.4 is 10.4 Å². The van der Waals surface area contributed by atoms with Gasteiger partial charge in [-0.15, -0.1) is 26.3 Å². The first kappa shape index (κ1) is 122. The largest absolute Gasteiger partial charge is 0.106 e. The van der Waals surface area contributed by atoms with Crippen LogP contribution in [0.1, 0.15) is 291 Å². The lowest BCUT2D eigenvalue weighted by Crippen LogP contribution is -2.57. The van der Waals surface area contributed by atoms with Crippen molar-refractivity contribution in [2.75, 3.05) is 0 Å². The summed E-state index contributed by atoms with van der Waals surface area (Å²) >= 11 is 0. The van der Waals surface area contributed by atoms with Crippen LogP contribution in [0.15, 0.2) is 380 Å². The van der Waals surface area contributed by atoms with Gasteiger partial charge >= 0.3 is 0 Å². The van der Waals surface area contributed by atoms with Gasteiger partial charge in [0, 0.05) is 23.7 Å². The highest BCUT2D eigenvalue weighted by molar-refractivity contribution is 6.44. The van der Waals surface area contributed by atoms with Gasteiger partial charge in [0.1, 0.15) is 0 Å². The number of rotatable bonds is 0. The number of hydrogen-bond acceptors (Lipinski definition) is 0. The summed E-state index contributed by atoms with van der Waals surface area (Å²) in [4.78, 5) is 0. The molecule has 28 rings (SSSR count). The van der Waals surface area contributed by atoms with Gasteiger partial charge in [0.15, 0.2) is 0 Å². The van der Waals surface area contributed by atoms with E-state index in [0.717, 1.165) is 34.5 Å². The molecule has 0 bridgehead atoms. The molecule has 0 aliphatic heterocycles. The van der Waals surface area contributed by atoms with E-state index in [2.05, 4.69) is 368 Å². The van der Waals surface area contributed by atoms with Crippen molar-refractivity contribution in [1.29, 1.82) is 0 Å². The van der Waals surface area contributed by atoms with Gasteiger partial charge in [-0.2, -0.15) is 0 Å². The lowest BCUT2D eigenvalue weighted by atomic mass is 9.40. The van der Waals surface area contributed by atoms with E-state index in [1.54, 1.807) is 56.9 Å². The fraction of sp³-hybridized carbons (Fsp3) is 0.343. The van der Waals surface area contributed by atoms with Crippen LogP contribution in [0, 0.1) is 52.3 Å². The Morgan fingerprint density at radius 3 is 0.907 bits per heavy atom. The molecule has 0 heterocycles. The van der Waals surface area contributed by atoms with E-state index in [1.807, 2.05) is 111 Å². The van der Waals surface area contributed by atoms with Gasteiger partial charge in [-0.05, 0) is 271 Å². The Bertz CT molecular complexity index is 6280. The maximum absolute atomic E-state index is 3.00. The lowest BCUT2D eigenvalue weighted by molar-refractivity contribution is -0.156. The van der Waals surface area contributed by atoms with Gasteiger partial charge in [0.05, 0.1) is 0 Å². The monoisotopic (exact) mass is 1870 g/mol. The molecule has 0 heteroatoms. The number of fused-ring (bicyclic) bond motifs is 2. The minimum Gasteiger partial charge on any atom is -0.106 e. The molecule has 744 valence electrons. The Morgan fingerprint density at radius 2 is 0.529 bits per heavy atom. The molecular formula is C140H184. The van der Waals surface area contributed by atoms with Crippen molar-refractivity contribution in [1.82, 2.24) is 0 Å². The van der Waals surface area contributed by atoms with Crippen molar-refractivity contribution >= 4 is 127 Å². The molecule has 9 atom stereocenters. The second kappa shape index (κ2) is 55.9. The smallest absolute Gasteiger partial charge is 0.0352 e. The normalized spacial score (nSPS) is 20.8. The van der Waals surface area contributed by atoms with Crippen molar-refractivity contribution in [2.45, 2.75) is 269 Å². The summed E-state index contributed by atoms with van der Waals surface area (Å²) in [7, 11) is 0. The van der Waals surface area contributed by atoms with Crippen molar-refractivity contribution in [3.63, 3.8) is 0 Å². The van der Waals surface area contributed by atoms with Crippen LogP contribution in [-0.2, 0) is 0 Å². The first-order chi connectivity index (χ1) is 64.2. The van der Waals surface area contributed by atoms with Crippen molar-refractivity contribution in [3.05, 3.63) is 413 Å². The SMILES string of the molecule is C.C.C.C.C.C.C.C.C.C.C1=CC2=CC3=CC=CC4=Cc5cccc6c5=C(C2C(=C1)C=6)C34.C1=CC2=CC=CC3=CC=CC(=C1)C23.C1=CC2=Cc3cccc4ccc5c(c34)C2C(=C1)C=C5.C=C.C=C.CC.CC.CC.CC.CC.CC.CC.CC.CC12CCCC3CCC4(C)CCCC(CC1)C4C32.c1cc2ccc3ccc4ccc5ccc6ccc1c1c2c3c4c5c61.c1ccc2cc3ccccc3cc2c1. The van der Waals surface area contributed by atoms with Gasteiger partial charge in [-0.25, -0.2) is 0 Å². The lowest BCUT2D eigenvalue weighted by Gasteiger charge is -2.65. The molecule has 0 N–H and O–H groups in total. The van der Waals surface area contributed by atoms with Crippen molar-refractivity contribution < 1.29 is 0 Å². The molecule has 0 saturated heterocycles. The maximum Gasteiger partial charge on any atom is 0.0352 e. The summed E-state index contributed by atoms with van der Waals surface area (Å²) in [5.41, 5.74) is 21.6. The first-order valence-corrected chi connectivity index (χ1v) is 50.2. The maximum atomic E-state index is 3.00. The zero-order valence-electron chi connectivity index (χ0n) is 81.7. The van der Waals surface area contributed by atoms with E-state index in [-0.39, 0.29) is 74.3 Å². The average Bonchev–Trinajstić information content (AvgIpc) is 0.685. The van der Waals surface area contributed by atoms with Crippen LogP contribution in [0.2, 0.25) is 0 Å². The predicted octanol–water partition coefficient (Wildman–Crippen LogP) is 43.6. The zero-order chi connectivity index (χ0) is 92.5. The van der Waals surface area contributed by atoms with Crippen LogP contribution in [0.25, 0.3) is 127 Å². The molecule has 9 unspecified atom stereocenters. The molecular weight excluding hydrogens is 1680 g/mol. The van der Waals surface area contributed by atoms with Crippen LogP contribution in [0.5, 0.6) is 0 Å². The fourth-order valence-electron chi connectivity index (χ4n) is 24.4. The molecule has 0 radical (unpaired) electrons. The molecule has 4 fully saturated rings. The van der Waals surface area contributed by atoms with Crippen molar-refractivity contribution in [3.8, 4) is 0 Å². The third kappa shape index (κ3) is 22.5. The standard InChI is InChI=1S/C24H12.C22H14.C19H12.C18H30.C14H10.C13H10.8C2H6.2C2H4.10CH4/c1-2-14-5-6-16-9-11-18-12-10-17-8-7-15-4-3-13(1)19-20(14)22(16)24(18)23(17)21(15)19;1-4-13-10-15-6-2-8-17-12-18-9-3-7-16-11-14(5-1)19(13)22(20(15)17)21(16)18;1-3-12-7-9-14-10-8-13-4-2-6-16-11-15(5-1)17(12)19(14)18(13)16;1-17-9-3-5-13-8-12-18(2)10-4-6-14(7-11-17)16(18)15(13)17;1-2-6-12-10-14-8-4-3-7-13(14)9-11(12)5-1;1-4-10-6-2-8-12-9-3-7-11(5-1)13(10)12;10*1-2;;;;;;;;;;/h1-12H;1-12,19-20H;1-11,17H;13-16H,3-12H2,1-2H3;1-10H;1-9,13H;8*1-2H3;2*1-2H2;10*1H4. The van der Waals surface area contributed by atoms with Gasteiger partial charge in [0.25, 0.3) is 0 Å². The molecule has 0 nitrogen and oxygen atoms in total. The van der Waals surface area contributed by atoms with Crippen molar-refractivity contribution in [2.24, 2.45) is 52.3 Å². The molecule has 0 spiro atoms. The third-order valence-corrected chi connectivity index (χ3v) is 29.0. The predicted molar refractivity (Wildman–Crippen MR) is 651 cm³/mol. The number of allylic oxidation sites excluding steroid dienone is 29. The Hall–Kier alpha value is -12.0. The van der Waals surface area contributed by atoms with Crippen LogP contribution in [0.3, 0.4) is 0 Å². The number of hydrogen-bond donors (Lipinski definition) is 0. The Kier molecular flexibility index (Phi) is 48.8. The average molecular weight is 1870 g/mol. The Labute approximate surface area is 854 Å². The second-order valence-electron chi connectivity index (χ2n) is 34.8. The van der Waals surface area contributed by atoms with E-state index in [9.17, 15) is 0 Å². The van der Waals surface area contributed by atoms with Gasteiger partial charge in [0.2, 0.25) is 0 Å². The summed E-state index contributed by atoms with van der Waals surface area (Å²) in [6.45, 7) is 49.3. The quantitative estimate of drug-likeness (QED) is 0.0806. The highest BCUT2D eigenvalue weighted by Crippen LogP contribution is 2.68. The Morgan fingerprint density at radius 1 is 0.236 bits per heavy atom. The molecule has 4 saturated carbocycles. The molecule has 140 heavy (non-hydrogen) atoms. The summed E-state index contributed by atoms with van der Waals surface area (Å²) in [6.07, 6.45) is 69.4. The molecule has 15 aliphatic carbocycles. The van der Waals surface area contributed by atoms with Gasteiger partial charge in [-0.1, -0.05) is 540 Å². The van der Waals surface area contributed by atoms with Gasteiger partial charge in [-0.3, -0.25) is 0 Å². The highest BCUT2D eigenvalue weighted by Gasteiger charge is 2.59.